The molecule has 4 heterocycles. The second-order valence-electron chi connectivity index (χ2n) is 8.74. The minimum absolute atomic E-state index is 0.123. The zero-order chi connectivity index (χ0) is 26.2. The third-order valence-electron chi connectivity index (χ3n) is 6.29. The van der Waals surface area contributed by atoms with Crippen molar-refractivity contribution < 1.29 is 21.9 Å². The summed E-state index contributed by atoms with van der Waals surface area (Å²) in [6.07, 6.45) is 8.49. The summed E-state index contributed by atoms with van der Waals surface area (Å²) in [5.41, 5.74) is 3.65. The van der Waals surface area contributed by atoms with Crippen LogP contribution in [0.3, 0.4) is 0 Å². The predicted molar refractivity (Wildman–Crippen MR) is 133 cm³/mol. The van der Waals surface area contributed by atoms with Gasteiger partial charge in [-0.25, -0.2) is 28.4 Å². The van der Waals surface area contributed by atoms with Crippen molar-refractivity contribution in [2.75, 3.05) is 37.3 Å². The summed E-state index contributed by atoms with van der Waals surface area (Å²) in [6, 6.07) is 6.69. The molecule has 0 radical (unpaired) electrons. The van der Waals surface area contributed by atoms with Crippen molar-refractivity contribution in [2.45, 2.75) is 20.0 Å². The number of fused-ring (bicyclic) bond motifs is 1. The highest BCUT2D eigenvalue weighted by atomic mass is 32.2. The zero-order valence-electron chi connectivity index (χ0n) is 20.3. The number of halogens is 2. The number of sulfonamides is 1. The van der Waals surface area contributed by atoms with Gasteiger partial charge in [-0.1, -0.05) is 18.2 Å². The lowest BCUT2D eigenvalue weighted by molar-refractivity contribution is -0.0504. The molecule has 194 valence electrons. The Bertz CT molecular complexity index is 1520. The standard InChI is InChI=1S/C24H25F2N7O3S/c1-16-20(11-17-5-3-4-6-21(17)36-22(25)26)33-15-19(14-29-24(33)30-16)18-12-27-23(28-13-18)31-7-9-32(10-8-31)37(2,34)35/h3-6,12-15,22H,7-11H2,1-2H3. The second-order valence-corrected chi connectivity index (χ2v) is 10.7. The first-order valence-corrected chi connectivity index (χ1v) is 13.4. The molecule has 0 N–H and O–H groups in total. The monoisotopic (exact) mass is 529 g/mol. The molecule has 1 fully saturated rings. The maximum absolute atomic E-state index is 12.9. The van der Waals surface area contributed by atoms with Crippen molar-refractivity contribution in [3.8, 4) is 16.9 Å². The van der Waals surface area contributed by atoms with Crippen LogP contribution >= 0.6 is 0 Å². The molecule has 1 saturated heterocycles. The molecule has 3 aromatic heterocycles. The molecule has 0 saturated carbocycles. The number of imidazole rings is 1. The fourth-order valence-corrected chi connectivity index (χ4v) is 5.17. The van der Waals surface area contributed by atoms with Crippen LogP contribution in [-0.2, 0) is 16.4 Å². The molecule has 10 nitrogen and oxygen atoms in total. The number of aryl methyl sites for hydroxylation is 1. The number of alkyl halides is 2. The number of rotatable bonds is 7. The van der Waals surface area contributed by atoms with Crippen LogP contribution < -0.4 is 9.64 Å². The number of hydrogen-bond donors (Lipinski definition) is 0. The summed E-state index contributed by atoms with van der Waals surface area (Å²) in [7, 11) is -3.21. The Balaban J connectivity index is 1.39. The number of nitrogens with zero attached hydrogens (tertiary/aromatic N) is 7. The van der Waals surface area contributed by atoms with Crippen LogP contribution in [0.25, 0.3) is 16.9 Å². The lowest BCUT2D eigenvalue weighted by Gasteiger charge is -2.33. The lowest BCUT2D eigenvalue weighted by Crippen LogP contribution is -2.48. The molecule has 4 aromatic rings. The summed E-state index contributed by atoms with van der Waals surface area (Å²) >= 11 is 0. The van der Waals surface area contributed by atoms with Crippen molar-refractivity contribution in [1.82, 2.24) is 28.6 Å². The van der Waals surface area contributed by atoms with Gasteiger partial charge in [0.25, 0.3) is 0 Å². The number of anilines is 1. The molecule has 0 atom stereocenters. The Morgan fingerprint density at radius 2 is 1.68 bits per heavy atom. The van der Waals surface area contributed by atoms with Crippen LogP contribution in [0, 0.1) is 6.92 Å². The lowest BCUT2D eigenvalue weighted by atomic mass is 10.1. The smallest absolute Gasteiger partial charge is 0.387 e. The van der Waals surface area contributed by atoms with E-state index in [1.807, 2.05) is 22.4 Å². The molecule has 0 amide bonds. The molecule has 0 unspecified atom stereocenters. The number of ether oxygens (including phenoxy) is 1. The molecule has 13 heteroatoms. The van der Waals surface area contributed by atoms with Crippen LogP contribution in [0.1, 0.15) is 17.0 Å². The van der Waals surface area contributed by atoms with Crippen LogP contribution in [0.2, 0.25) is 0 Å². The molecule has 0 bridgehead atoms. The van der Waals surface area contributed by atoms with Crippen LogP contribution in [-0.4, -0.2) is 76.1 Å². The molecule has 1 aromatic carbocycles. The summed E-state index contributed by atoms with van der Waals surface area (Å²) in [6.45, 7) is 0.728. The van der Waals surface area contributed by atoms with Gasteiger partial charge in [0.15, 0.2) is 0 Å². The molecular formula is C24H25F2N7O3S. The van der Waals surface area contributed by atoms with Gasteiger partial charge in [0.05, 0.1) is 17.6 Å². The minimum Gasteiger partial charge on any atom is -0.435 e. The van der Waals surface area contributed by atoms with Crippen molar-refractivity contribution in [1.29, 1.82) is 0 Å². The van der Waals surface area contributed by atoms with E-state index in [4.69, 9.17) is 4.74 Å². The maximum atomic E-state index is 12.9. The summed E-state index contributed by atoms with van der Waals surface area (Å²) in [5, 5.41) is 0. The Hall–Kier alpha value is -3.71. The highest BCUT2D eigenvalue weighted by Gasteiger charge is 2.24. The molecular weight excluding hydrogens is 504 g/mol. The Morgan fingerprint density at radius 3 is 2.35 bits per heavy atom. The Morgan fingerprint density at radius 1 is 1.00 bits per heavy atom. The van der Waals surface area contributed by atoms with Gasteiger partial charge in [0.1, 0.15) is 5.75 Å². The number of benzene rings is 1. The van der Waals surface area contributed by atoms with Gasteiger partial charge in [-0.2, -0.15) is 13.1 Å². The van der Waals surface area contributed by atoms with E-state index >= 15 is 0 Å². The van der Waals surface area contributed by atoms with Gasteiger partial charge < -0.3 is 9.64 Å². The third kappa shape index (κ3) is 5.37. The van der Waals surface area contributed by atoms with Gasteiger partial charge in [0.2, 0.25) is 21.7 Å². The van der Waals surface area contributed by atoms with E-state index in [0.717, 1.165) is 22.5 Å². The van der Waals surface area contributed by atoms with E-state index in [-0.39, 0.29) is 5.75 Å². The molecule has 5 rings (SSSR count). The summed E-state index contributed by atoms with van der Waals surface area (Å²) in [4.78, 5) is 19.9. The first-order chi connectivity index (χ1) is 17.7. The van der Waals surface area contributed by atoms with Crippen LogP contribution in [0.15, 0.2) is 49.1 Å². The average Bonchev–Trinajstić information content (AvgIpc) is 3.18. The predicted octanol–water partition coefficient (Wildman–Crippen LogP) is 2.77. The van der Waals surface area contributed by atoms with Gasteiger partial charge in [-0.05, 0) is 13.0 Å². The van der Waals surface area contributed by atoms with Gasteiger partial charge in [0, 0.05) is 74.1 Å². The Labute approximate surface area is 212 Å². The first-order valence-electron chi connectivity index (χ1n) is 11.6. The molecule has 0 spiro atoms. The third-order valence-corrected chi connectivity index (χ3v) is 7.59. The Kier molecular flexibility index (Phi) is 6.73. The molecule has 1 aliphatic rings. The maximum Gasteiger partial charge on any atom is 0.387 e. The summed E-state index contributed by atoms with van der Waals surface area (Å²) in [5.74, 6) is 1.14. The molecule has 0 aliphatic carbocycles. The van der Waals surface area contributed by atoms with E-state index in [9.17, 15) is 17.2 Å². The summed E-state index contributed by atoms with van der Waals surface area (Å²) < 4.78 is 57.2. The topological polar surface area (TPSA) is 106 Å². The van der Waals surface area contributed by atoms with E-state index in [1.54, 1.807) is 36.8 Å². The minimum atomic E-state index is -3.21. The van der Waals surface area contributed by atoms with Gasteiger partial charge >= 0.3 is 6.61 Å². The highest BCUT2D eigenvalue weighted by Crippen LogP contribution is 2.26. The SMILES string of the molecule is Cc1nc2ncc(-c3cnc(N4CCN(S(C)(=O)=O)CC4)nc3)cn2c1Cc1ccccc1OC(F)F. The van der Waals surface area contributed by atoms with Gasteiger partial charge in [-0.3, -0.25) is 4.40 Å². The van der Waals surface area contributed by atoms with E-state index in [1.165, 1.54) is 16.6 Å². The second kappa shape index (κ2) is 9.98. The number of aromatic nitrogens is 5. The van der Waals surface area contributed by atoms with Crippen molar-refractivity contribution in [2.24, 2.45) is 0 Å². The van der Waals surface area contributed by atoms with E-state index in [0.29, 0.717) is 49.9 Å². The fraction of sp³-hybridized carbons (Fsp3) is 0.333. The average molecular weight is 530 g/mol. The highest BCUT2D eigenvalue weighted by molar-refractivity contribution is 7.88. The quantitative estimate of drug-likeness (QED) is 0.360. The van der Waals surface area contributed by atoms with Crippen molar-refractivity contribution in [3.05, 3.63) is 66.0 Å². The largest absolute Gasteiger partial charge is 0.435 e. The van der Waals surface area contributed by atoms with Crippen molar-refractivity contribution >= 4 is 21.7 Å². The number of para-hydroxylation sites is 1. The van der Waals surface area contributed by atoms with E-state index in [2.05, 4.69) is 19.9 Å². The fourth-order valence-electron chi connectivity index (χ4n) is 4.35. The van der Waals surface area contributed by atoms with Crippen LogP contribution in [0.5, 0.6) is 5.75 Å². The first kappa shape index (κ1) is 25.0. The molecule has 1 aliphatic heterocycles. The van der Waals surface area contributed by atoms with Crippen molar-refractivity contribution in [3.63, 3.8) is 0 Å². The normalized spacial score (nSPS) is 15.0. The number of hydrogen-bond acceptors (Lipinski definition) is 8. The zero-order valence-corrected chi connectivity index (χ0v) is 21.1. The van der Waals surface area contributed by atoms with E-state index < -0.39 is 16.6 Å². The number of piperazine rings is 1. The van der Waals surface area contributed by atoms with Gasteiger partial charge in [-0.15, -0.1) is 0 Å². The van der Waals surface area contributed by atoms with Crippen LogP contribution in [0.4, 0.5) is 14.7 Å². The molecule has 37 heavy (non-hydrogen) atoms.